The normalized spacial score (nSPS) is 8.76. The zero-order valence-electron chi connectivity index (χ0n) is 10.4. The first kappa shape index (κ1) is 22.7. The average Bonchev–Trinajstić information content (AvgIpc) is 2.35. The van der Waals surface area contributed by atoms with Crippen molar-refractivity contribution in [3.05, 3.63) is 37.0 Å². The molecule has 0 heterocycles. The molecule has 0 aliphatic heterocycles. The lowest BCUT2D eigenvalue weighted by Gasteiger charge is -1.74. The summed E-state index contributed by atoms with van der Waals surface area (Å²) < 4.78 is 0. The molecule has 0 aliphatic carbocycles. The van der Waals surface area contributed by atoms with E-state index in [0.717, 1.165) is 6.08 Å². The van der Waals surface area contributed by atoms with Gasteiger partial charge in [-0.05, 0) is 0 Å². The van der Waals surface area contributed by atoms with Gasteiger partial charge in [-0.25, -0.2) is 24.0 Å². The number of carboxylic acids is 5. The maximum absolute atomic E-state index is 9.55. The fraction of sp³-hybridized carbons (Fsp3) is 0. The van der Waals surface area contributed by atoms with Gasteiger partial charge in [0.1, 0.15) is 0 Å². The van der Waals surface area contributed by atoms with Crippen LogP contribution in [0.5, 0.6) is 0 Å². The van der Waals surface area contributed by atoms with Crippen molar-refractivity contribution >= 4 is 29.8 Å². The van der Waals surface area contributed by atoms with Gasteiger partial charge in [-0.3, -0.25) is 0 Å². The Kier molecular flexibility index (Phi) is 15.8. The summed E-state index contributed by atoms with van der Waals surface area (Å²) >= 11 is 0. The molecule has 21 heavy (non-hydrogen) atoms. The molecule has 0 unspecified atom stereocenters. The Labute approximate surface area is 117 Å². The molecule has 0 saturated heterocycles. The molecule has 0 radical (unpaired) electrons. The molecule has 10 heteroatoms. The van der Waals surface area contributed by atoms with E-state index in [1.165, 1.54) is 0 Å². The molecule has 0 rings (SSSR count). The lowest BCUT2D eigenvalue weighted by atomic mass is 10.5. The molecule has 0 aromatic rings. The summed E-state index contributed by atoms with van der Waals surface area (Å²) in [6, 6.07) is 0. The molecular formula is C11H12O10. The molecule has 0 saturated carbocycles. The Balaban J connectivity index is -0.000000239. The van der Waals surface area contributed by atoms with Crippen molar-refractivity contribution in [2.24, 2.45) is 0 Å². The van der Waals surface area contributed by atoms with E-state index >= 15 is 0 Å². The van der Waals surface area contributed by atoms with Crippen LogP contribution in [0.15, 0.2) is 37.0 Å². The van der Waals surface area contributed by atoms with Gasteiger partial charge in [-0.2, -0.15) is 0 Å². The second-order valence-electron chi connectivity index (χ2n) is 2.56. The van der Waals surface area contributed by atoms with E-state index in [0.29, 0.717) is 24.3 Å². The van der Waals surface area contributed by atoms with Crippen molar-refractivity contribution < 1.29 is 49.5 Å². The quantitative estimate of drug-likeness (QED) is 0.421. The third-order valence-electron chi connectivity index (χ3n) is 0.912. The summed E-state index contributed by atoms with van der Waals surface area (Å²) in [5.41, 5.74) is 0. The zero-order chi connectivity index (χ0) is 17.4. The van der Waals surface area contributed by atoms with Crippen LogP contribution in [-0.4, -0.2) is 55.4 Å². The van der Waals surface area contributed by atoms with Crippen LogP contribution in [0.4, 0.5) is 0 Å². The Hall–Kier alpha value is -3.43. The maximum Gasteiger partial charge on any atom is 0.328 e. The largest absolute Gasteiger partial charge is 0.478 e. The monoisotopic (exact) mass is 304 g/mol. The number of rotatable bonds is 5. The molecule has 0 aromatic carbocycles. The standard InChI is InChI=1S/2C4H4O4.C3H4O2/c2*5-3(6)1-2-4(7)8;1-2-3(4)5/h2*1-2H,(H,5,6)(H,7,8);2H,1H2,(H,4,5). The molecule has 10 nitrogen and oxygen atoms in total. The smallest absolute Gasteiger partial charge is 0.328 e. The minimum absolute atomic E-state index is 0.558. The highest BCUT2D eigenvalue weighted by Gasteiger charge is 1.88. The van der Waals surface area contributed by atoms with Crippen molar-refractivity contribution in [2.75, 3.05) is 0 Å². The maximum atomic E-state index is 9.55. The summed E-state index contributed by atoms with van der Waals surface area (Å²) in [5, 5.41) is 38.9. The van der Waals surface area contributed by atoms with Crippen LogP contribution in [0.2, 0.25) is 0 Å². The molecule has 0 bridgehead atoms. The number of hydrogen-bond donors (Lipinski definition) is 5. The average molecular weight is 304 g/mol. The van der Waals surface area contributed by atoms with Gasteiger partial charge in [-0.15, -0.1) is 0 Å². The van der Waals surface area contributed by atoms with Gasteiger partial charge in [-0.1, -0.05) is 6.58 Å². The molecule has 0 aliphatic rings. The number of carbonyl (C=O) groups is 5. The Bertz CT molecular complexity index is 392. The van der Waals surface area contributed by atoms with Gasteiger partial charge < -0.3 is 25.5 Å². The molecule has 5 N–H and O–H groups in total. The Morgan fingerprint density at radius 3 is 0.714 bits per heavy atom. The van der Waals surface area contributed by atoms with Crippen LogP contribution in [-0.2, 0) is 24.0 Å². The first-order valence-electron chi connectivity index (χ1n) is 4.66. The minimum Gasteiger partial charge on any atom is -0.478 e. The second-order valence-corrected chi connectivity index (χ2v) is 2.56. The highest BCUT2D eigenvalue weighted by atomic mass is 16.4. The molecule has 0 spiro atoms. The molecule has 0 amide bonds. The van der Waals surface area contributed by atoms with Gasteiger partial charge in [0.25, 0.3) is 0 Å². The van der Waals surface area contributed by atoms with E-state index in [2.05, 4.69) is 6.58 Å². The molecule has 0 aromatic heterocycles. The van der Waals surface area contributed by atoms with E-state index in [9.17, 15) is 24.0 Å². The summed E-state index contributed by atoms with van der Waals surface area (Å²) in [5.74, 6) is -6.01. The molecule has 0 fully saturated rings. The highest BCUT2D eigenvalue weighted by Crippen LogP contribution is 1.71. The number of hydrogen-bond acceptors (Lipinski definition) is 5. The predicted octanol–water partition coefficient (Wildman–Crippen LogP) is -0.319. The van der Waals surface area contributed by atoms with Crippen LogP contribution in [0, 0.1) is 0 Å². The van der Waals surface area contributed by atoms with Crippen molar-refractivity contribution in [1.29, 1.82) is 0 Å². The first-order chi connectivity index (χ1) is 9.52. The third-order valence-corrected chi connectivity index (χ3v) is 0.912. The van der Waals surface area contributed by atoms with Crippen LogP contribution in [0.25, 0.3) is 0 Å². The Morgan fingerprint density at radius 1 is 0.524 bits per heavy atom. The Morgan fingerprint density at radius 2 is 0.667 bits per heavy atom. The topological polar surface area (TPSA) is 186 Å². The van der Waals surface area contributed by atoms with Gasteiger partial charge in [0.05, 0.1) is 0 Å². The van der Waals surface area contributed by atoms with Crippen molar-refractivity contribution in [1.82, 2.24) is 0 Å². The molecule has 116 valence electrons. The van der Waals surface area contributed by atoms with Gasteiger partial charge >= 0.3 is 29.8 Å². The SMILES string of the molecule is C=CC(=O)O.O=C(O)C=CC(=O)O.O=C(O)C=CC(=O)O. The lowest BCUT2D eigenvalue weighted by Crippen LogP contribution is -1.91. The molecule has 0 atom stereocenters. The van der Waals surface area contributed by atoms with E-state index in [-0.39, 0.29) is 0 Å². The zero-order valence-corrected chi connectivity index (χ0v) is 10.4. The van der Waals surface area contributed by atoms with E-state index in [4.69, 9.17) is 25.5 Å². The number of carboxylic acid groups (broad SMARTS) is 5. The van der Waals surface area contributed by atoms with Crippen LogP contribution in [0.3, 0.4) is 0 Å². The summed E-state index contributed by atoms with van der Waals surface area (Å²) in [6.45, 7) is 2.96. The second kappa shape index (κ2) is 14.6. The first-order valence-corrected chi connectivity index (χ1v) is 4.66. The van der Waals surface area contributed by atoms with E-state index in [1.807, 2.05) is 0 Å². The van der Waals surface area contributed by atoms with Crippen molar-refractivity contribution in [2.45, 2.75) is 0 Å². The van der Waals surface area contributed by atoms with Crippen molar-refractivity contribution in [3.8, 4) is 0 Å². The van der Waals surface area contributed by atoms with Crippen molar-refractivity contribution in [3.63, 3.8) is 0 Å². The molecular weight excluding hydrogens is 292 g/mol. The predicted molar refractivity (Wildman–Crippen MR) is 66.7 cm³/mol. The van der Waals surface area contributed by atoms with Gasteiger partial charge in [0.2, 0.25) is 0 Å². The summed E-state index contributed by atoms with van der Waals surface area (Å²) in [4.78, 5) is 47.5. The van der Waals surface area contributed by atoms with E-state index < -0.39 is 29.8 Å². The summed E-state index contributed by atoms with van der Waals surface area (Å²) in [7, 11) is 0. The lowest BCUT2D eigenvalue weighted by molar-refractivity contribution is -0.134. The minimum atomic E-state index is -1.26. The van der Waals surface area contributed by atoms with Gasteiger partial charge in [0.15, 0.2) is 0 Å². The number of aliphatic carboxylic acids is 5. The van der Waals surface area contributed by atoms with E-state index in [1.54, 1.807) is 0 Å². The fourth-order valence-corrected chi connectivity index (χ4v) is 0.285. The fourth-order valence-electron chi connectivity index (χ4n) is 0.285. The summed E-state index contributed by atoms with van der Waals surface area (Å²) in [6.07, 6.45) is 3.06. The van der Waals surface area contributed by atoms with Gasteiger partial charge in [0, 0.05) is 30.4 Å². The van der Waals surface area contributed by atoms with Crippen LogP contribution >= 0.6 is 0 Å². The van der Waals surface area contributed by atoms with Crippen LogP contribution in [0.1, 0.15) is 0 Å². The highest BCUT2D eigenvalue weighted by molar-refractivity contribution is 5.90. The van der Waals surface area contributed by atoms with Crippen LogP contribution < -0.4 is 0 Å². The third kappa shape index (κ3) is 47.9.